The molecule has 1 aromatic rings. The average molecular weight is 338 g/mol. The van der Waals surface area contributed by atoms with E-state index < -0.39 is 21.4 Å². The third-order valence-electron chi connectivity index (χ3n) is 3.23. The maximum atomic E-state index is 11.9. The summed E-state index contributed by atoms with van der Waals surface area (Å²) in [6.07, 6.45) is 0. The SMILES string of the molecule is CC(C)(C)C(=O)COC(=O)CN=C1NS(=O)(=O)c2ccccc21. The van der Waals surface area contributed by atoms with Crippen molar-refractivity contribution in [3.8, 4) is 0 Å². The summed E-state index contributed by atoms with van der Waals surface area (Å²) in [5.41, 5.74) is -0.183. The fourth-order valence-electron chi connectivity index (χ4n) is 1.80. The Morgan fingerprint density at radius 2 is 1.87 bits per heavy atom. The molecule has 0 saturated heterocycles. The number of carbonyl (C=O) groups is 2. The standard InChI is InChI=1S/C15H18N2O5S/c1-15(2,3)12(18)9-22-13(19)8-16-14-10-6-4-5-7-11(10)23(20,21)17-14/h4-7H,8-9H2,1-3H3,(H,16,17). The highest BCUT2D eigenvalue weighted by Crippen LogP contribution is 2.22. The summed E-state index contributed by atoms with van der Waals surface area (Å²) in [7, 11) is -3.63. The zero-order chi connectivity index (χ0) is 17.3. The summed E-state index contributed by atoms with van der Waals surface area (Å²) >= 11 is 0. The van der Waals surface area contributed by atoms with Crippen molar-refractivity contribution in [2.45, 2.75) is 25.7 Å². The molecule has 2 rings (SSSR count). The Balaban J connectivity index is 2.02. The molecule has 0 radical (unpaired) electrons. The molecular weight excluding hydrogens is 320 g/mol. The summed E-state index contributed by atoms with van der Waals surface area (Å²) in [5.74, 6) is -0.802. The summed E-state index contributed by atoms with van der Waals surface area (Å²) in [5, 5.41) is 0. The van der Waals surface area contributed by atoms with Crippen molar-refractivity contribution >= 4 is 27.6 Å². The van der Waals surface area contributed by atoms with E-state index in [0.717, 1.165) is 0 Å². The Morgan fingerprint density at radius 1 is 1.22 bits per heavy atom. The van der Waals surface area contributed by atoms with E-state index in [2.05, 4.69) is 9.71 Å². The molecule has 0 aliphatic carbocycles. The first-order chi connectivity index (χ1) is 10.6. The minimum absolute atomic E-state index is 0.0969. The maximum Gasteiger partial charge on any atom is 0.328 e. The highest BCUT2D eigenvalue weighted by Gasteiger charge is 2.30. The number of hydrogen-bond acceptors (Lipinski definition) is 6. The molecule has 7 nitrogen and oxygen atoms in total. The van der Waals surface area contributed by atoms with Crippen LogP contribution in [0.5, 0.6) is 0 Å². The van der Waals surface area contributed by atoms with Gasteiger partial charge < -0.3 is 4.74 Å². The fourth-order valence-corrected chi connectivity index (χ4v) is 3.05. The van der Waals surface area contributed by atoms with E-state index in [0.29, 0.717) is 5.56 Å². The number of benzene rings is 1. The van der Waals surface area contributed by atoms with Crippen LogP contribution in [0.25, 0.3) is 0 Å². The molecular formula is C15H18N2O5S. The molecule has 1 aromatic carbocycles. The minimum Gasteiger partial charge on any atom is -0.456 e. The van der Waals surface area contributed by atoms with Crippen LogP contribution in [-0.4, -0.2) is 39.2 Å². The number of fused-ring (bicyclic) bond motifs is 1. The number of aliphatic imine (C=N–C) groups is 1. The van der Waals surface area contributed by atoms with Gasteiger partial charge in [-0.1, -0.05) is 32.9 Å². The molecule has 23 heavy (non-hydrogen) atoms. The van der Waals surface area contributed by atoms with E-state index in [1.54, 1.807) is 39.0 Å². The average Bonchev–Trinajstić information content (AvgIpc) is 2.73. The van der Waals surface area contributed by atoms with E-state index in [4.69, 9.17) is 4.74 Å². The first kappa shape index (κ1) is 17.1. The third-order valence-corrected chi connectivity index (χ3v) is 4.63. The highest BCUT2D eigenvalue weighted by molar-refractivity contribution is 7.90. The van der Waals surface area contributed by atoms with E-state index in [9.17, 15) is 18.0 Å². The van der Waals surface area contributed by atoms with Gasteiger partial charge in [0.2, 0.25) is 0 Å². The molecule has 0 atom stereocenters. The molecule has 1 heterocycles. The number of ether oxygens (including phenoxy) is 1. The predicted octanol–water partition coefficient (Wildman–Crippen LogP) is 0.883. The first-order valence-corrected chi connectivity index (χ1v) is 8.45. The topological polar surface area (TPSA) is 102 Å². The summed E-state index contributed by atoms with van der Waals surface area (Å²) in [6.45, 7) is 4.49. The van der Waals surface area contributed by atoms with Gasteiger partial charge in [-0.25, -0.2) is 8.42 Å². The molecule has 0 bridgehead atoms. The number of nitrogens with zero attached hydrogens (tertiary/aromatic N) is 1. The van der Waals surface area contributed by atoms with Gasteiger partial charge >= 0.3 is 5.97 Å². The van der Waals surface area contributed by atoms with Crippen LogP contribution >= 0.6 is 0 Å². The maximum absolute atomic E-state index is 11.9. The lowest BCUT2D eigenvalue weighted by molar-refractivity contribution is -0.148. The Bertz CT molecular complexity index is 775. The number of ketones is 1. The summed E-state index contributed by atoms with van der Waals surface area (Å²) in [6, 6.07) is 6.34. The Hall–Kier alpha value is -2.22. The van der Waals surface area contributed by atoms with Crippen LogP contribution in [0.15, 0.2) is 34.2 Å². The fraction of sp³-hybridized carbons (Fsp3) is 0.400. The summed E-state index contributed by atoms with van der Waals surface area (Å²) < 4.78 is 30.9. The van der Waals surface area contributed by atoms with Crippen molar-refractivity contribution < 1.29 is 22.7 Å². The lowest BCUT2D eigenvalue weighted by Gasteiger charge is -2.15. The van der Waals surface area contributed by atoms with Crippen LogP contribution in [0.4, 0.5) is 0 Å². The van der Waals surface area contributed by atoms with E-state index in [1.807, 2.05) is 0 Å². The van der Waals surface area contributed by atoms with Gasteiger partial charge in [0.25, 0.3) is 10.0 Å². The smallest absolute Gasteiger partial charge is 0.328 e. The molecule has 0 spiro atoms. The van der Waals surface area contributed by atoms with Crippen molar-refractivity contribution in [1.29, 1.82) is 0 Å². The van der Waals surface area contributed by atoms with Gasteiger partial charge in [0.05, 0.1) is 4.90 Å². The number of rotatable bonds is 4. The van der Waals surface area contributed by atoms with E-state index in [1.165, 1.54) is 6.07 Å². The van der Waals surface area contributed by atoms with Crippen molar-refractivity contribution in [2.75, 3.05) is 13.2 Å². The zero-order valence-corrected chi connectivity index (χ0v) is 13.9. The second-order valence-corrected chi connectivity index (χ2v) is 7.75. The lowest BCUT2D eigenvalue weighted by atomic mass is 9.91. The number of sulfonamides is 1. The van der Waals surface area contributed by atoms with Crippen LogP contribution in [-0.2, 0) is 24.3 Å². The van der Waals surface area contributed by atoms with Gasteiger partial charge in [-0.15, -0.1) is 0 Å². The van der Waals surface area contributed by atoms with Gasteiger partial charge in [0, 0.05) is 11.0 Å². The van der Waals surface area contributed by atoms with Gasteiger partial charge in [0.1, 0.15) is 12.4 Å². The molecule has 1 aliphatic heterocycles. The molecule has 1 aliphatic rings. The highest BCUT2D eigenvalue weighted by atomic mass is 32.2. The number of carbonyl (C=O) groups excluding carboxylic acids is 2. The normalized spacial score (nSPS) is 17.4. The van der Waals surface area contributed by atoms with Gasteiger partial charge in [0.15, 0.2) is 12.4 Å². The second-order valence-electron chi connectivity index (χ2n) is 6.10. The number of Topliss-reactive ketones (excluding diaryl/α,β-unsaturated/α-hetero) is 1. The number of esters is 1. The van der Waals surface area contributed by atoms with Crippen molar-refractivity contribution in [1.82, 2.24) is 4.72 Å². The summed E-state index contributed by atoms with van der Waals surface area (Å²) in [4.78, 5) is 27.4. The van der Waals surface area contributed by atoms with Gasteiger partial charge in [-0.05, 0) is 12.1 Å². The molecule has 0 unspecified atom stereocenters. The van der Waals surface area contributed by atoms with Gasteiger partial charge in [-0.3, -0.25) is 19.3 Å². The van der Waals surface area contributed by atoms with E-state index >= 15 is 0 Å². The minimum atomic E-state index is -3.63. The van der Waals surface area contributed by atoms with Crippen LogP contribution in [0, 0.1) is 5.41 Å². The molecule has 0 fully saturated rings. The number of amidine groups is 1. The lowest BCUT2D eigenvalue weighted by Crippen LogP contribution is -2.27. The molecule has 0 saturated carbocycles. The molecule has 124 valence electrons. The predicted molar refractivity (Wildman–Crippen MR) is 83.6 cm³/mol. The van der Waals surface area contributed by atoms with Crippen LogP contribution < -0.4 is 4.72 Å². The zero-order valence-electron chi connectivity index (χ0n) is 13.1. The van der Waals surface area contributed by atoms with Crippen molar-refractivity contribution in [2.24, 2.45) is 10.4 Å². The quantitative estimate of drug-likeness (QED) is 0.821. The van der Waals surface area contributed by atoms with Crippen molar-refractivity contribution in [3.63, 3.8) is 0 Å². The molecule has 1 N–H and O–H groups in total. The molecule has 0 amide bonds. The Labute approximate surface area is 134 Å². The van der Waals surface area contributed by atoms with Crippen molar-refractivity contribution in [3.05, 3.63) is 29.8 Å². The Kier molecular flexibility index (Phi) is 4.56. The first-order valence-electron chi connectivity index (χ1n) is 6.97. The molecule has 0 aromatic heterocycles. The second kappa shape index (κ2) is 6.11. The van der Waals surface area contributed by atoms with E-state index in [-0.39, 0.29) is 29.7 Å². The molecule has 8 heteroatoms. The monoisotopic (exact) mass is 338 g/mol. The van der Waals surface area contributed by atoms with Crippen LogP contribution in [0.3, 0.4) is 0 Å². The number of hydrogen-bond donors (Lipinski definition) is 1. The van der Waals surface area contributed by atoms with Gasteiger partial charge in [-0.2, -0.15) is 0 Å². The largest absolute Gasteiger partial charge is 0.456 e. The number of nitrogens with one attached hydrogen (secondary N) is 1. The Morgan fingerprint density at radius 3 is 2.52 bits per heavy atom. The van der Waals surface area contributed by atoms with Crippen LogP contribution in [0.1, 0.15) is 26.3 Å². The third kappa shape index (κ3) is 3.95. The van der Waals surface area contributed by atoms with Crippen LogP contribution in [0.2, 0.25) is 0 Å².